The molecule has 6 rings (SSSR count). The first kappa shape index (κ1) is 23.0. The van der Waals surface area contributed by atoms with Crippen LogP contribution in [0.1, 0.15) is 57.4 Å². The van der Waals surface area contributed by atoms with Gasteiger partial charge in [0.25, 0.3) is 0 Å². The van der Waals surface area contributed by atoms with Gasteiger partial charge in [-0.1, -0.05) is 13.0 Å². The van der Waals surface area contributed by atoms with Crippen LogP contribution in [0.3, 0.4) is 0 Å². The van der Waals surface area contributed by atoms with Crippen molar-refractivity contribution in [3.63, 3.8) is 0 Å². The zero-order valence-electron chi connectivity index (χ0n) is 19.5. The van der Waals surface area contributed by atoms with Gasteiger partial charge in [-0.25, -0.2) is 0 Å². The van der Waals surface area contributed by atoms with Crippen LogP contribution in [0, 0.1) is 22.7 Å². The molecular weight excluding hydrogens is 429 g/mol. The quantitative estimate of drug-likeness (QED) is 0.530. The summed E-state index contributed by atoms with van der Waals surface area (Å²) in [6, 6.07) is 5.53. The second kappa shape index (κ2) is 8.47. The smallest absolute Gasteiger partial charge is 0.416 e. The van der Waals surface area contributed by atoms with Crippen LogP contribution in [0.4, 0.5) is 18.9 Å². The zero-order valence-corrected chi connectivity index (χ0v) is 19.5. The van der Waals surface area contributed by atoms with Crippen molar-refractivity contribution < 1.29 is 22.7 Å². The van der Waals surface area contributed by atoms with Crippen LogP contribution in [0.2, 0.25) is 0 Å². The Hall–Kier alpha value is -1.76. The fourth-order valence-electron chi connectivity index (χ4n) is 7.89. The summed E-state index contributed by atoms with van der Waals surface area (Å²) in [5.41, 5.74) is 0.610. The first-order valence-electron chi connectivity index (χ1n) is 12.4. The molecule has 7 heteroatoms. The van der Waals surface area contributed by atoms with E-state index in [1.165, 1.54) is 50.7 Å². The molecule has 1 heterocycles. The molecule has 4 saturated carbocycles. The molecule has 0 aromatic heterocycles. The van der Waals surface area contributed by atoms with Crippen molar-refractivity contribution in [3.8, 4) is 0 Å². The lowest BCUT2D eigenvalue weighted by Crippen LogP contribution is -2.51. The number of alkyl halides is 3. The highest BCUT2D eigenvalue weighted by atomic mass is 19.4. The third kappa shape index (κ3) is 5.03. The van der Waals surface area contributed by atoms with Crippen molar-refractivity contribution in [2.45, 2.75) is 58.0 Å². The lowest BCUT2D eigenvalue weighted by Gasteiger charge is -2.61. The number of carbonyl (C=O) groups is 1. The van der Waals surface area contributed by atoms with Crippen molar-refractivity contribution in [1.82, 2.24) is 4.90 Å². The summed E-state index contributed by atoms with van der Waals surface area (Å²) in [6.07, 6.45) is 3.86. The monoisotopic (exact) mass is 464 g/mol. The largest absolute Gasteiger partial charge is 0.464 e. The maximum Gasteiger partial charge on any atom is 0.416 e. The fourth-order valence-corrected chi connectivity index (χ4v) is 7.89. The van der Waals surface area contributed by atoms with Gasteiger partial charge in [-0.3, -0.25) is 9.69 Å². The van der Waals surface area contributed by atoms with Crippen molar-refractivity contribution in [2.24, 2.45) is 22.7 Å². The molecule has 0 amide bonds. The molecule has 1 aliphatic heterocycles. The Bertz CT molecular complexity index is 865. The summed E-state index contributed by atoms with van der Waals surface area (Å²) in [7, 11) is 0. The average Bonchev–Trinajstić information content (AvgIpc) is 2.71. The number of carbonyl (C=O) groups excluding carboxylic acids is 1. The molecule has 1 saturated heterocycles. The molecular formula is C26H35F3N2O2. The van der Waals surface area contributed by atoms with Gasteiger partial charge in [0.2, 0.25) is 0 Å². The van der Waals surface area contributed by atoms with Crippen molar-refractivity contribution >= 4 is 11.7 Å². The second-order valence-corrected chi connectivity index (χ2v) is 11.5. The molecule has 4 nitrogen and oxygen atoms in total. The number of hydrogen-bond donors (Lipinski definition) is 0. The summed E-state index contributed by atoms with van der Waals surface area (Å²) < 4.78 is 44.6. The van der Waals surface area contributed by atoms with E-state index in [-0.39, 0.29) is 11.4 Å². The molecule has 5 fully saturated rings. The second-order valence-electron chi connectivity index (χ2n) is 11.5. The van der Waals surface area contributed by atoms with E-state index >= 15 is 0 Å². The molecule has 0 radical (unpaired) electrons. The van der Waals surface area contributed by atoms with Crippen molar-refractivity contribution in [3.05, 3.63) is 29.8 Å². The Morgan fingerprint density at radius 1 is 1.09 bits per heavy atom. The fraction of sp³-hybridized carbons (Fsp3) is 0.731. The number of hydrogen-bond acceptors (Lipinski definition) is 4. The van der Waals surface area contributed by atoms with Gasteiger partial charge in [0.15, 0.2) is 0 Å². The highest BCUT2D eigenvalue weighted by Gasteiger charge is 2.56. The maximum atomic E-state index is 13.0. The molecule has 182 valence electrons. The van der Waals surface area contributed by atoms with Crippen LogP contribution in [0.15, 0.2) is 24.3 Å². The zero-order chi connectivity index (χ0) is 23.3. The highest BCUT2D eigenvalue weighted by Crippen LogP contribution is 2.66. The normalized spacial score (nSPS) is 34.0. The summed E-state index contributed by atoms with van der Waals surface area (Å²) in [5, 5.41) is 0. The lowest BCUT2D eigenvalue weighted by molar-refractivity contribution is -0.157. The van der Waals surface area contributed by atoms with Gasteiger partial charge < -0.3 is 9.64 Å². The average molecular weight is 465 g/mol. The van der Waals surface area contributed by atoms with E-state index in [0.29, 0.717) is 43.8 Å². The third-order valence-electron chi connectivity index (χ3n) is 8.58. The summed E-state index contributed by atoms with van der Waals surface area (Å²) in [5.74, 6) is 1.55. The minimum atomic E-state index is -4.32. The Morgan fingerprint density at radius 3 is 2.42 bits per heavy atom. The third-order valence-corrected chi connectivity index (χ3v) is 8.58. The molecule has 1 aromatic carbocycles. The van der Waals surface area contributed by atoms with Crippen LogP contribution in [0.25, 0.3) is 0 Å². The van der Waals surface area contributed by atoms with Gasteiger partial charge in [0.05, 0.1) is 12.0 Å². The van der Waals surface area contributed by atoms with E-state index in [0.717, 1.165) is 31.0 Å². The summed E-state index contributed by atoms with van der Waals surface area (Å²) in [4.78, 5) is 16.9. The standard InChI is InChI=1S/C26H35F3N2O2/c1-24-13-19-11-20(14-24)16-25(15-19,18-24)17-23(32)33-10-9-30-5-7-31(8-6-30)22-4-2-3-21(12-22)26(27,28)29/h2-4,12,19-20H,5-11,13-18H2,1H3/t19-,20+,24?,25?. The predicted octanol–water partition coefficient (Wildman–Crippen LogP) is 5.37. The number of rotatable bonds is 6. The molecule has 33 heavy (non-hydrogen) atoms. The SMILES string of the molecule is CC12C[C@H]3C[C@@H](C1)CC(CC(=O)OCCN1CCN(c4cccc(C(F)(F)F)c4)CC1)(C3)C2. The molecule has 4 aliphatic carbocycles. The van der Waals surface area contributed by atoms with Gasteiger partial charge in [0, 0.05) is 38.4 Å². The topological polar surface area (TPSA) is 32.8 Å². The van der Waals surface area contributed by atoms with Crippen LogP contribution in [0.5, 0.6) is 0 Å². The number of anilines is 1. The Balaban J connectivity index is 1.06. The van der Waals surface area contributed by atoms with E-state index < -0.39 is 11.7 Å². The number of ether oxygens (including phenoxy) is 1. The van der Waals surface area contributed by atoms with E-state index in [9.17, 15) is 18.0 Å². The van der Waals surface area contributed by atoms with Crippen LogP contribution < -0.4 is 4.90 Å². The molecule has 4 atom stereocenters. The van der Waals surface area contributed by atoms with Crippen LogP contribution in [-0.4, -0.2) is 50.2 Å². The van der Waals surface area contributed by atoms with Crippen molar-refractivity contribution in [2.75, 3.05) is 44.2 Å². The maximum absolute atomic E-state index is 13.0. The Labute approximate surface area is 194 Å². The van der Waals surface area contributed by atoms with Crippen molar-refractivity contribution in [1.29, 1.82) is 0 Å². The lowest BCUT2D eigenvalue weighted by atomic mass is 9.44. The van der Waals surface area contributed by atoms with Crippen LogP contribution in [-0.2, 0) is 15.7 Å². The van der Waals surface area contributed by atoms with Gasteiger partial charge in [-0.05, 0) is 79.4 Å². The number of piperazine rings is 1. The number of benzene rings is 1. The molecule has 0 N–H and O–H groups in total. The van der Waals surface area contributed by atoms with Gasteiger partial charge >= 0.3 is 12.1 Å². The first-order valence-corrected chi connectivity index (χ1v) is 12.4. The van der Waals surface area contributed by atoms with Gasteiger partial charge in [0.1, 0.15) is 6.61 Å². The number of halogens is 3. The minimum Gasteiger partial charge on any atom is -0.464 e. The number of nitrogens with zero attached hydrogens (tertiary/aromatic N) is 2. The van der Waals surface area contributed by atoms with Crippen LogP contribution >= 0.6 is 0 Å². The summed E-state index contributed by atoms with van der Waals surface area (Å²) in [6.45, 7) is 6.32. The highest BCUT2D eigenvalue weighted by molar-refractivity contribution is 5.70. The van der Waals surface area contributed by atoms with E-state index in [1.54, 1.807) is 6.07 Å². The summed E-state index contributed by atoms with van der Waals surface area (Å²) >= 11 is 0. The van der Waals surface area contributed by atoms with E-state index in [4.69, 9.17) is 4.74 Å². The van der Waals surface area contributed by atoms with E-state index in [1.807, 2.05) is 4.90 Å². The molecule has 2 unspecified atom stereocenters. The minimum absolute atomic E-state index is 0.0526. The van der Waals surface area contributed by atoms with Gasteiger partial charge in [-0.15, -0.1) is 0 Å². The Morgan fingerprint density at radius 2 is 1.79 bits per heavy atom. The van der Waals surface area contributed by atoms with E-state index in [2.05, 4.69) is 11.8 Å². The molecule has 1 aromatic rings. The Kier molecular flexibility index (Phi) is 5.91. The predicted molar refractivity (Wildman–Crippen MR) is 121 cm³/mol. The molecule has 5 aliphatic rings. The molecule has 4 bridgehead atoms. The first-order chi connectivity index (χ1) is 15.6. The molecule has 0 spiro atoms. The van der Waals surface area contributed by atoms with Gasteiger partial charge in [-0.2, -0.15) is 13.2 Å². The number of esters is 1.